The van der Waals surface area contributed by atoms with Crippen LogP contribution in [-0.2, 0) is 4.79 Å². The van der Waals surface area contributed by atoms with Crippen LogP contribution in [-0.4, -0.2) is 36.5 Å². The zero-order chi connectivity index (χ0) is 16.2. The number of carbonyl (C=O) groups excluding carboxylic acids is 1. The van der Waals surface area contributed by atoms with Crippen molar-refractivity contribution in [1.82, 2.24) is 4.90 Å². The summed E-state index contributed by atoms with van der Waals surface area (Å²) >= 11 is 0. The Labute approximate surface area is 147 Å². The fraction of sp³-hybridized carbons (Fsp3) is 0.278. The molecule has 24 heavy (non-hydrogen) atoms. The monoisotopic (exact) mass is 349 g/mol. The lowest BCUT2D eigenvalue weighted by molar-refractivity contribution is -0.117. The van der Waals surface area contributed by atoms with Gasteiger partial charge >= 0.3 is 0 Å². The van der Waals surface area contributed by atoms with Crippen molar-refractivity contribution < 1.29 is 9.18 Å². The van der Waals surface area contributed by atoms with Crippen molar-refractivity contribution in [1.29, 1.82) is 0 Å². The third kappa shape index (κ3) is 4.54. The molecule has 3 rings (SSSR count). The molecule has 4 nitrogen and oxygen atoms in total. The first-order valence-electron chi connectivity index (χ1n) is 7.70. The van der Waals surface area contributed by atoms with Crippen LogP contribution in [0.2, 0.25) is 0 Å². The number of likely N-dealkylation sites (tertiary alicyclic amines) is 1. The molecule has 1 aliphatic heterocycles. The highest BCUT2D eigenvalue weighted by atomic mass is 35.5. The fourth-order valence-corrected chi connectivity index (χ4v) is 3.03. The van der Waals surface area contributed by atoms with Crippen LogP contribution in [0.1, 0.15) is 11.5 Å². The minimum atomic E-state index is -0.320. The lowest BCUT2D eigenvalue weighted by Gasteiger charge is -2.16. The van der Waals surface area contributed by atoms with E-state index in [1.165, 1.54) is 17.7 Å². The van der Waals surface area contributed by atoms with Crippen molar-refractivity contribution in [2.75, 3.05) is 25.0 Å². The van der Waals surface area contributed by atoms with Gasteiger partial charge in [0.15, 0.2) is 0 Å². The predicted octanol–water partition coefficient (Wildman–Crippen LogP) is 2.61. The molecule has 1 heterocycles. The molecule has 2 aromatic rings. The third-order valence-electron chi connectivity index (χ3n) is 4.16. The van der Waals surface area contributed by atoms with Gasteiger partial charge in [0, 0.05) is 30.7 Å². The van der Waals surface area contributed by atoms with Gasteiger partial charge in [0.2, 0.25) is 5.91 Å². The van der Waals surface area contributed by atoms with Crippen LogP contribution in [0.3, 0.4) is 0 Å². The highest BCUT2D eigenvalue weighted by molar-refractivity contribution is 5.92. The van der Waals surface area contributed by atoms with Crippen LogP contribution < -0.4 is 11.1 Å². The number of amides is 1. The van der Waals surface area contributed by atoms with E-state index in [4.69, 9.17) is 5.73 Å². The molecule has 0 spiro atoms. The maximum absolute atomic E-state index is 12.9. The van der Waals surface area contributed by atoms with Gasteiger partial charge in [-0.3, -0.25) is 9.69 Å². The second-order valence-electron chi connectivity index (χ2n) is 5.93. The van der Waals surface area contributed by atoms with Crippen molar-refractivity contribution in [2.24, 2.45) is 5.73 Å². The third-order valence-corrected chi connectivity index (χ3v) is 4.16. The van der Waals surface area contributed by atoms with E-state index in [0.29, 0.717) is 12.2 Å². The standard InChI is InChI=1S/C18H20FN3O.ClH/c19-14-6-8-15(9-7-14)21-18(23)12-22-10-16(17(20)11-22)13-4-2-1-3-5-13;/h1-9,16-17H,10-12,20H2,(H,21,23);1H/t16-,17+;/m0./s1. The molecule has 0 aromatic heterocycles. The molecule has 128 valence electrons. The van der Waals surface area contributed by atoms with Crippen LogP contribution in [0, 0.1) is 5.82 Å². The van der Waals surface area contributed by atoms with E-state index in [0.717, 1.165) is 6.54 Å². The SMILES string of the molecule is Cl.N[C@@H]1CN(CC(=O)Nc2ccc(F)cc2)C[C@H]1c1ccccc1. The Kier molecular flexibility index (Phi) is 6.31. The molecule has 3 N–H and O–H groups in total. The molecular weight excluding hydrogens is 329 g/mol. The van der Waals surface area contributed by atoms with Gasteiger partial charge in [-0.05, 0) is 29.8 Å². The molecule has 1 saturated heterocycles. The maximum Gasteiger partial charge on any atom is 0.238 e. The minimum Gasteiger partial charge on any atom is -0.326 e. The summed E-state index contributed by atoms with van der Waals surface area (Å²) in [5.41, 5.74) is 8.04. The number of nitrogens with one attached hydrogen (secondary N) is 1. The van der Waals surface area contributed by atoms with E-state index in [9.17, 15) is 9.18 Å². The molecule has 6 heteroatoms. The molecule has 1 amide bonds. The molecule has 2 aromatic carbocycles. The van der Waals surface area contributed by atoms with Gasteiger partial charge in [-0.15, -0.1) is 12.4 Å². The van der Waals surface area contributed by atoms with Crippen molar-refractivity contribution in [3.63, 3.8) is 0 Å². The lowest BCUT2D eigenvalue weighted by atomic mass is 9.95. The summed E-state index contributed by atoms with van der Waals surface area (Å²) in [5.74, 6) is -0.188. The molecule has 2 atom stereocenters. The highest BCUT2D eigenvalue weighted by Gasteiger charge is 2.31. The van der Waals surface area contributed by atoms with E-state index in [2.05, 4.69) is 22.3 Å². The first-order valence-corrected chi connectivity index (χ1v) is 7.70. The van der Waals surface area contributed by atoms with Gasteiger partial charge in [-0.2, -0.15) is 0 Å². The summed E-state index contributed by atoms with van der Waals surface area (Å²) in [6.07, 6.45) is 0. The molecule has 0 bridgehead atoms. The van der Waals surface area contributed by atoms with E-state index in [1.807, 2.05) is 18.2 Å². The lowest BCUT2D eigenvalue weighted by Crippen LogP contribution is -2.33. The quantitative estimate of drug-likeness (QED) is 0.892. The summed E-state index contributed by atoms with van der Waals surface area (Å²) in [6, 6.07) is 15.9. The Balaban J connectivity index is 0.00000208. The van der Waals surface area contributed by atoms with Crippen molar-refractivity contribution >= 4 is 24.0 Å². The average Bonchev–Trinajstić information content (AvgIpc) is 2.91. The van der Waals surface area contributed by atoms with E-state index in [1.54, 1.807) is 12.1 Å². The van der Waals surface area contributed by atoms with E-state index < -0.39 is 0 Å². The summed E-state index contributed by atoms with van der Waals surface area (Å²) in [4.78, 5) is 14.2. The second-order valence-corrected chi connectivity index (χ2v) is 5.93. The number of nitrogens with zero attached hydrogens (tertiary/aromatic N) is 1. The number of anilines is 1. The van der Waals surface area contributed by atoms with Crippen molar-refractivity contribution in [3.8, 4) is 0 Å². The zero-order valence-corrected chi connectivity index (χ0v) is 14.0. The molecular formula is C18H21ClFN3O. The number of nitrogens with two attached hydrogens (primary N) is 1. The number of hydrogen-bond acceptors (Lipinski definition) is 3. The fourth-order valence-electron chi connectivity index (χ4n) is 3.03. The average molecular weight is 350 g/mol. The molecule has 1 aliphatic rings. The van der Waals surface area contributed by atoms with Crippen LogP contribution in [0.4, 0.5) is 10.1 Å². The Morgan fingerprint density at radius 3 is 2.46 bits per heavy atom. The number of rotatable bonds is 4. The number of hydrogen-bond donors (Lipinski definition) is 2. The zero-order valence-electron chi connectivity index (χ0n) is 13.2. The van der Waals surface area contributed by atoms with Crippen LogP contribution in [0.25, 0.3) is 0 Å². The van der Waals surface area contributed by atoms with Crippen molar-refractivity contribution in [3.05, 3.63) is 66.0 Å². The number of benzene rings is 2. The normalized spacial score (nSPS) is 20.4. The molecule has 0 aliphatic carbocycles. The van der Waals surface area contributed by atoms with Crippen LogP contribution in [0.5, 0.6) is 0 Å². The summed E-state index contributed by atoms with van der Waals surface area (Å²) in [6.45, 7) is 1.74. The van der Waals surface area contributed by atoms with Crippen LogP contribution in [0.15, 0.2) is 54.6 Å². The Morgan fingerprint density at radius 2 is 1.79 bits per heavy atom. The Bertz CT molecular complexity index is 666. The van der Waals surface area contributed by atoms with Gasteiger partial charge in [-0.25, -0.2) is 4.39 Å². The second kappa shape index (κ2) is 8.24. The topological polar surface area (TPSA) is 58.4 Å². The predicted molar refractivity (Wildman–Crippen MR) is 95.9 cm³/mol. The van der Waals surface area contributed by atoms with E-state index >= 15 is 0 Å². The molecule has 0 unspecified atom stereocenters. The van der Waals surface area contributed by atoms with Gasteiger partial charge in [-0.1, -0.05) is 30.3 Å². The van der Waals surface area contributed by atoms with Gasteiger partial charge in [0.05, 0.1) is 6.54 Å². The molecule has 1 fully saturated rings. The first kappa shape index (κ1) is 18.4. The van der Waals surface area contributed by atoms with Gasteiger partial charge < -0.3 is 11.1 Å². The highest BCUT2D eigenvalue weighted by Crippen LogP contribution is 2.26. The van der Waals surface area contributed by atoms with Crippen molar-refractivity contribution in [2.45, 2.75) is 12.0 Å². The number of halogens is 2. The largest absolute Gasteiger partial charge is 0.326 e. The number of carbonyl (C=O) groups is 1. The minimum absolute atomic E-state index is 0. The van der Waals surface area contributed by atoms with E-state index in [-0.39, 0.29) is 42.6 Å². The summed E-state index contributed by atoms with van der Waals surface area (Å²) < 4.78 is 12.9. The Morgan fingerprint density at radius 1 is 1.12 bits per heavy atom. The smallest absolute Gasteiger partial charge is 0.238 e. The van der Waals surface area contributed by atoms with Gasteiger partial charge in [0.1, 0.15) is 5.82 Å². The molecule has 0 radical (unpaired) electrons. The maximum atomic E-state index is 12.9. The molecule has 0 saturated carbocycles. The van der Waals surface area contributed by atoms with Gasteiger partial charge in [0.25, 0.3) is 0 Å². The Hall–Kier alpha value is -1.95. The van der Waals surface area contributed by atoms with Crippen LogP contribution >= 0.6 is 12.4 Å². The summed E-state index contributed by atoms with van der Waals surface area (Å²) in [7, 11) is 0. The summed E-state index contributed by atoms with van der Waals surface area (Å²) in [5, 5.41) is 2.78. The first-order chi connectivity index (χ1) is 11.1.